The third-order valence-corrected chi connectivity index (χ3v) is 4.56. The van der Waals surface area contributed by atoms with Gasteiger partial charge >= 0.3 is 12.1 Å². The van der Waals surface area contributed by atoms with Crippen LogP contribution in [-0.2, 0) is 16.2 Å². The maximum atomic E-state index is 12.4. The standard InChI is InChI=1S/C14H10F3N3O4S/c1-3-8-25(22,23)20(2)12(21)10-6-4-9(5-7-10)11-18-13(24-19-11)14(15,16)17/h1,4-7H,8H2,2H3. The Bertz CT molecular complexity index is 927. The predicted molar refractivity (Wildman–Crippen MR) is 79.4 cm³/mol. The van der Waals surface area contributed by atoms with E-state index in [1.54, 1.807) is 0 Å². The van der Waals surface area contributed by atoms with Gasteiger partial charge in [0.05, 0.1) is 0 Å². The summed E-state index contributed by atoms with van der Waals surface area (Å²) in [5.41, 5.74) is 0.149. The topological polar surface area (TPSA) is 93.4 Å². The molecule has 1 heterocycles. The molecule has 1 aromatic carbocycles. The third-order valence-electron chi connectivity index (χ3n) is 3.03. The SMILES string of the molecule is C#CCS(=O)(=O)N(C)C(=O)c1ccc(-c2noc(C(F)(F)F)n2)cc1. The Balaban J connectivity index is 2.24. The van der Waals surface area contributed by atoms with E-state index >= 15 is 0 Å². The second-order valence-corrected chi connectivity index (χ2v) is 6.73. The van der Waals surface area contributed by atoms with Gasteiger partial charge in [-0.2, -0.15) is 18.2 Å². The average molecular weight is 373 g/mol. The summed E-state index contributed by atoms with van der Waals surface area (Å²) < 4.78 is 65.4. The van der Waals surface area contributed by atoms with Gasteiger partial charge in [0.2, 0.25) is 15.8 Å². The van der Waals surface area contributed by atoms with Crippen LogP contribution >= 0.6 is 0 Å². The van der Waals surface area contributed by atoms with Crippen molar-refractivity contribution < 1.29 is 30.9 Å². The van der Waals surface area contributed by atoms with E-state index in [1.165, 1.54) is 24.3 Å². The fourth-order valence-electron chi connectivity index (χ4n) is 1.73. The summed E-state index contributed by atoms with van der Waals surface area (Å²) >= 11 is 0. The van der Waals surface area contributed by atoms with Crippen LogP contribution in [-0.4, -0.2) is 41.6 Å². The molecule has 0 atom stereocenters. The summed E-state index contributed by atoms with van der Waals surface area (Å²) in [6.07, 6.45) is 0.170. The van der Waals surface area contributed by atoms with E-state index in [2.05, 4.69) is 14.7 Å². The lowest BCUT2D eigenvalue weighted by Gasteiger charge is -2.16. The summed E-state index contributed by atoms with van der Waals surface area (Å²) in [6.45, 7) is 0. The molecule has 0 spiro atoms. The van der Waals surface area contributed by atoms with Crippen LogP contribution in [0, 0.1) is 12.3 Å². The molecule has 1 amide bonds. The van der Waals surface area contributed by atoms with E-state index in [-0.39, 0.29) is 17.0 Å². The lowest BCUT2D eigenvalue weighted by molar-refractivity contribution is -0.159. The number of sulfonamides is 1. The number of alkyl halides is 3. The van der Waals surface area contributed by atoms with Crippen molar-refractivity contribution in [1.29, 1.82) is 0 Å². The first kappa shape index (κ1) is 18.5. The number of carbonyl (C=O) groups is 1. The van der Waals surface area contributed by atoms with Crippen molar-refractivity contribution in [2.75, 3.05) is 12.8 Å². The summed E-state index contributed by atoms with van der Waals surface area (Å²) in [5, 5.41) is 3.21. The average Bonchev–Trinajstić information content (AvgIpc) is 3.04. The number of halogens is 3. The van der Waals surface area contributed by atoms with Crippen molar-refractivity contribution in [3.63, 3.8) is 0 Å². The molecule has 7 nitrogen and oxygen atoms in total. The van der Waals surface area contributed by atoms with Gasteiger partial charge in [-0.15, -0.1) is 6.42 Å². The first-order valence-electron chi connectivity index (χ1n) is 6.52. The van der Waals surface area contributed by atoms with Crippen LogP contribution in [0.2, 0.25) is 0 Å². The molecule has 0 saturated carbocycles. The Labute approximate surface area is 140 Å². The maximum absolute atomic E-state index is 12.4. The molecule has 1 aromatic heterocycles. The zero-order valence-electron chi connectivity index (χ0n) is 12.6. The number of hydrogen-bond acceptors (Lipinski definition) is 6. The number of carbonyl (C=O) groups excluding carboxylic acids is 1. The fourth-order valence-corrected chi connectivity index (χ4v) is 2.49. The first-order chi connectivity index (χ1) is 11.6. The minimum atomic E-state index is -4.77. The molecule has 0 aliphatic carbocycles. The van der Waals surface area contributed by atoms with Crippen molar-refractivity contribution in [3.05, 3.63) is 35.7 Å². The zero-order valence-corrected chi connectivity index (χ0v) is 13.4. The molecular formula is C14H10F3N3O4S. The number of terminal acetylenes is 1. The van der Waals surface area contributed by atoms with Crippen LogP contribution < -0.4 is 0 Å². The molecule has 0 fully saturated rings. The molecule has 0 bridgehead atoms. The molecule has 0 unspecified atom stereocenters. The second-order valence-electron chi connectivity index (χ2n) is 4.73. The number of aromatic nitrogens is 2. The smallest absolute Gasteiger partial charge is 0.329 e. The molecule has 0 radical (unpaired) electrons. The largest absolute Gasteiger partial charge is 0.471 e. The molecule has 0 aliphatic rings. The highest BCUT2D eigenvalue weighted by Crippen LogP contribution is 2.29. The van der Waals surface area contributed by atoms with Gasteiger partial charge < -0.3 is 4.52 Å². The molecule has 132 valence electrons. The quantitative estimate of drug-likeness (QED) is 0.759. The molecule has 11 heteroatoms. The van der Waals surface area contributed by atoms with Crippen molar-refractivity contribution in [3.8, 4) is 23.7 Å². The molecule has 25 heavy (non-hydrogen) atoms. The van der Waals surface area contributed by atoms with Gasteiger partial charge in [-0.3, -0.25) is 4.79 Å². The Morgan fingerprint density at radius 3 is 2.40 bits per heavy atom. The summed E-state index contributed by atoms with van der Waals surface area (Å²) in [4.78, 5) is 15.3. The van der Waals surface area contributed by atoms with Gasteiger partial charge in [-0.05, 0) is 12.1 Å². The van der Waals surface area contributed by atoms with Gasteiger partial charge in [0, 0.05) is 18.2 Å². The van der Waals surface area contributed by atoms with Crippen LogP contribution in [0.1, 0.15) is 16.2 Å². The highest BCUT2D eigenvalue weighted by molar-refractivity contribution is 7.89. The Kier molecular flexibility index (Phi) is 4.85. The van der Waals surface area contributed by atoms with E-state index in [0.717, 1.165) is 7.05 Å². The number of rotatable bonds is 4. The number of nitrogens with zero attached hydrogens (tertiary/aromatic N) is 3. The molecule has 0 N–H and O–H groups in total. The molecule has 0 saturated heterocycles. The van der Waals surface area contributed by atoms with E-state index in [9.17, 15) is 26.4 Å². The summed E-state index contributed by atoms with van der Waals surface area (Å²) in [6, 6.07) is 4.98. The predicted octanol–water partition coefficient (Wildman–Crippen LogP) is 1.79. The number of benzene rings is 1. The van der Waals surface area contributed by atoms with E-state index in [1.807, 2.05) is 5.92 Å². The molecule has 2 rings (SSSR count). The van der Waals surface area contributed by atoms with Crippen LogP contribution in [0.3, 0.4) is 0 Å². The normalized spacial score (nSPS) is 11.8. The van der Waals surface area contributed by atoms with E-state index in [4.69, 9.17) is 6.42 Å². The fraction of sp³-hybridized carbons (Fsp3) is 0.214. The van der Waals surface area contributed by atoms with Gasteiger partial charge in [0.25, 0.3) is 5.91 Å². The van der Waals surface area contributed by atoms with Crippen molar-refractivity contribution >= 4 is 15.9 Å². The monoisotopic (exact) mass is 373 g/mol. The minimum absolute atomic E-state index is 0.00798. The van der Waals surface area contributed by atoms with Crippen LogP contribution in [0.5, 0.6) is 0 Å². The van der Waals surface area contributed by atoms with E-state index in [0.29, 0.717) is 4.31 Å². The molecule has 0 aliphatic heterocycles. The minimum Gasteiger partial charge on any atom is -0.329 e. The van der Waals surface area contributed by atoms with Gasteiger partial charge in [0.1, 0.15) is 5.75 Å². The van der Waals surface area contributed by atoms with Crippen LogP contribution in [0.25, 0.3) is 11.4 Å². The lowest BCUT2D eigenvalue weighted by atomic mass is 10.1. The van der Waals surface area contributed by atoms with Gasteiger partial charge in [0.15, 0.2) is 0 Å². The second kappa shape index (κ2) is 6.56. The van der Waals surface area contributed by atoms with Gasteiger partial charge in [-0.1, -0.05) is 23.2 Å². The van der Waals surface area contributed by atoms with Crippen LogP contribution in [0.15, 0.2) is 28.8 Å². The zero-order chi connectivity index (χ0) is 18.8. The maximum Gasteiger partial charge on any atom is 0.471 e. The highest BCUT2D eigenvalue weighted by atomic mass is 32.2. The van der Waals surface area contributed by atoms with Crippen molar-refractivity contribution in [1.82, 2.24) is 14.4 Å². The molecule has 2 aromatic rings. The third kappa shape index (κ3) is 3.97. The first-order valence-corrected chi connectivity index (χ1v) is 8.13. The Hall–Kier alpha value is -2.87. The number of hydrogen-bond donors (Lipinski definition) is 0. The van der Waals surface area contributed by atoms with Gasteiger partial charge in [-0.25, -0.2) is 12.7 Å². The summed E-state index contributed by atoms with van der Waals surface area (Å²) in [7, 11) is -2.90. The summed E-state index contributed by atoms with van der Waals surface area (Å²) in [5.74, 6) is -1.36. The lowest BCUT2D eigenvalue weighted by Crippen LogP contribution is -2.34. The van der Waals surface area contributed by atoms with Crippen molar-refractivity contribution in [2.45, 2.75) is 6.18 Å². The Morgan fingerprint density at radius 2 is 1.92 bits per heavy atom. The van der Waals surface area contributed by atoms with Crippen LogP contribution in [0.4, 0.5) is 13.2 Å². The van der Waals surface area contributed by atoms with Crippen molar-refractivity contribution in [2.24, 2.45) is 0 Å². The number of amides is 1. The molecular weight excluding hydrogens is 363 g/mol. The highest BCUT2D eigenvalue weighted by Gasteiger charge is 2.38. The Morgan fingerprint density at radius 1 is 1.32 bits per heavy atom. The van der Waals surface area contributed by atoms with E-state index < -0.39 is 33.8 Å².